The first-order valence-electron chi connectivity index (χ1n) is 13.1. The molecule has 2 heterocycles. The quantitative estimate of drug-likeness (QED) is 0.559. The van der Waals surface area contributed by atoms with Crippen LogP contribution in [-0.2, 0) is 9.47 Å². The van der Waals surface area contributed by atoms with Gasteiger partial charge in [0.15, 0.2) is 6.29 Å². The fourth-order valence-electron chi connectivity index (χ4n) is 9.32. The Morgan fingerprint density at radius 1 is 1.23 bits per heavy atom. The SMILES string of the molecule is C=C(CCC1(C)OC2OC3CC1C21CCC2C(=CCC4CC(O)CCC42C)C31)C(C)C. The standard InChI is InChI=1S/C28H42O3/c1-16(2)17(3)8-12-27(5)23-15-22-24-20-7-6-18-14-19(29)9-11-26(18,4)21(20)10-13-28(23,24)25(30-22)31-27/h7,16,18-19,21-25,29H,3,6,8-15H2,1-2,4-5H3. The third kappa shape index (κ3) is 2.63. The van der Waals surface area contributed by atoms with Crippen LogP contribution in [0.15, 0.2) is 23.8 Å². The molecule has 3 nitrogen and oxygen atoms in total. The van der Waals surface area contributed by atoms with Crippen LogP contribution in [0.2, 0.25) is 0 Å². The van der Waals surface area contributed by atoms with Gasteiger partial charge < -0.3 is 14.6 Å². The van der Waals surface area contributed by atoms with Crippen molar-refractivity contribution in [1.82, 2.24) is 0 Å². The average molecular weight is 427 g/mol. The van der Waals surface area contributed by atoms with Gasteiger partial charge in [-0.2, -0.15) is 0 Å². The first kappa shape index (κ1) is 20.9. The molecule has 0 aromatic carbocycles. The molecule has 10 unspecified atom stereocenters. The molecule has 6 aliphatic rings. The number of fused-ring (bicyclic) bond motifs is 3. The smallest absolute Gasteiger partial charge is 0.165 e. The Kier molecular flexibility index (Phi) is 4.52. The number of ether oxygens (including phenoxy) is 2. The lowest BCUT2D eigenvalue weighted by Crippen LogP contribution is -2.51. The van der Waals surface area contributed by atoms with Crippen LogP contribution in [0.4, 0.5) is 0 Å². The highest BCUT2D eigenvalue weighted by atomic mass is 16.7. The predicted molar refractivity (Wildman–Crippen MR) is 122 cm³/mol. The monoisotopic (exact) mass is 426 g/mol. The second-order valence-corrected chi connectivity index (χ2v) is 12.8. The van der Waals surface area contributed by atoms with Crippen LogP contribution in [0.25, 0.3) is 0 Å². The van der Waals surface area contributed by atoms with E-state index in [2.05, 4.69) is 40.3 Å². The molecule has 4 aliphatic carbocycles. The van der Waals surface area contributed by atoms with Crippen LogP contribution in [0, 0.1) is 40.4 Å². The van der Waals surface area contributed by atoms with Crippen molar-refractivity contribution in [2.45, 2.75) is 110 Å². The van der Waals surface area contributed by atoms with Gasteiger partial charge in [-0.25, -0.2) is 0 Å². The minimum atomic E-state index is -0.0838. The number of hydrogen-bond donors (Lipinski definition) is 1. The summed E-state index contributed by atoms with van der Waals surface area (Å²) in [6.07, 6.45) is 13.1. The van der Waals surface area contributed by atoms with Crippen molar-refractivity contribution >= 4 is 0 Å². The van der Waals surface area contributed by atoms with Crippen LogP contribution < -0.4 is 0 Å². The molecule has 172 valence electrons. The maximum absolute atomic E-state index is 10.3. The molecule has 2 bridgehead atoms. The van der Waals surface area contributed by atoms with Crippen molar-refractivity contribution < 1.29 is 14.6 Å². The van der Waals surface area contributed by atoms with E-state index in [4.69, 9.17) is 9.47 Å². The summed E-state index contributed by atoms with van der Waals surface area (Å²) < 4.78 is 13.5. The summed E-state index contributed by atoms with van der Waals surface area (Å²) in [6, 6.07) is 0. The highest BCUT2D eigenvalue weighted by molar-refractivity contribution is 5.34. The van der Waals surface area contributed by atoms with E-state index in [0.29, 0.717) is 41.1 Å². The summed E-state index contributed by atoms with van der Waals surface area (Å²) in [5.41, 5.74) is 3.58. The molecule has 0 amide bonds. The Morgan fingerprint density at radius 3 is 2.81 bits per heavy atom. The molecule has 1 spiro atoms. The summed E-state index contributed by atoms with van der Waals surface area (Å²) in [4.78, 5) is 0. The van der Waals surface area contributed by atoms with Gasteiger partial charge in [-0.1, -0.05) is 44.6 Å². The molecular formula is C28H42O3. The normalized spacial score (nSPS) is 54.4. The minimum absolute atomic E-state index is 0.000812. The summed E-state index contributed by atoms with van der Waals surface area (Å²) in [7, 11) is 0. The van der Waals surface area contributed by atoms with Crippen LogP contribution in [-0.4, -0.2) is 29.2 Å². The van der Waals surface area contributed by atoms with E-state index in [1.165, 1.54) is 31.3 Å². The molecule has 2 aliphatic heterocycles. The number of allylic oxidation sites excluding steroid dienone is 2. The van der Waals surface area contributed by atoms with E-state index in [0.717, 1.165) is 32.1 Å². The predicted octanol–water partition coefficient (Wildman–Crippen LogP) is 6.02. The first-order valence-corrected chi connectivity index (χ1v) is 13.1. The minimum Gasteiger partial charge on any atom is -0.393 e. The van der Waals surface area contributed by atoms with Gasteiger partial charge in [0.05, 0.1) is 17.8 Å². The Balaban J connectivity index is 1.30. The van der Waals surface area contributed by atoms with Gasteiger partial charge >= 0.3 is 0 Å². The van der Waals surface area contributed by atoms with Gasteiger partial charge in [0.1, 0.15) is 0 Å². The Bertz CT molecular complexity index is 815. The van der Waals surface area contributed by atoms with E-state index < -0.39 is 0 Å². The fourth-order valence-corrected chi connectivity index (χ4v) is 9.32. The first-order chi connectivity index (χ1) is 14.7. The van der Waals surface area contributed by atoms with Crippen molar-refractivity contribution in [1.29, 1.82) is 0 Å². The third-order valence-electron chi connectivity index (χ3n) is 11.2. The highest BCUT2D eigenvalue weighted by Gasteiger charge is 2.77. The van der Waals surface area contributed by atoms with Crippen molar-refractivity contribution in [2.24, 2.45) is 40.4 Å². The van der Waals surface area contributed by atoms with Crippen LogP contribution in [0.1, 0.15) is 85.5 Å². The number of hydrogen-bond acceptors (Lipinski definition) is 3. The molecule has 10 atom stereocenters. The zero-order valence-corrected chi connectivity index (χ0v) is 20.0. The van der Waals surface area contributed by atoms with Crippen LogP contribution in [0.3, 0.4) is 0 Å². The summed E-state index contributed by atoms with van der Waals surface area (Å²) in [5, 5.41) is 10.3. The number of aliphatic hydroxyl groups excluding tert-OH is 1. The van der Waals surface area contributed by atoms with Gasteiger partial charge in [-0.05, 0) is 87.9 Å². The van der Waals surface area contributed by atoms with Gasteiger partial charge in [0.25, 0.3) is 0 Å². The Morgan fingerprint density at radius 2 is 2.03 bits per heavy atom. The van der Waals surface area contributed by atoms with Crippen molar-refractivity contribution in [3.63, 3.8) is 0 Å². The summed E-state index contributed by atoms with van der Waals surface area (Å²) in [6.45, 7) is 13.8. The second-order valence-electron chi connectivity index (χ2n) is 12.8. The molecule has 3 heteroatoms. The molecule has 0 aromatic heterocycles. The molecule has 0 radical (unpaired) electrons. The Labute approximate surface area is 188 Å². The molecule has 31 heavy (non-hydrogen) atoms. The third-order valence-corrected chi connectivity index (χ3v) is 11.2. The van der Waals surface area contributed by atoms with E-state index in [-0.39, 0.29) is 23.4 Å². The summed E-state index contributed by atoms with van der Waals surface area (Å²) in [5.74, 6) is 3.07. The molecule has 6 rings (SSSR count). The molecule has 3 saturated carbocycles. The topological polar surface area (TPSA) is 38.7 Å². The largest absolute Gasteiger partial charge is 0.393 e. The zero-order valence-electron chi connectivity index (χ0n) is 20.0. The van der Waals surface area contributed by atoms with Gasteiger partial charge in [0, 0.05) is 17.3 Å². The van der Waals surface area contributed by atoms with E-state index in [1.54, 1.807) is 5.57 Å². The molecular weight excluding hydrogens is 384 g/mol. The van der Waals surface area contributed by atoms with Gasteiger partial charge in [0.2, 0.25) is 0 Å². The van der Waals surface area contributed by atoms with Gasteiger partial charge in [-0.3, -0.25) is 0 Å². The van der Waals surface area contributed by atoms with Crippen molar-refractivity contribution in [3.05, 3.63) is 23.8 Å². The highest BCUT2D eigenvalue weighted by Crippen LogP contribution is 2.75. The number of aliphatic hydroxyl groups is 1. The van der Waals surface area contributed by atoms with E-state index >= 15 is 0 Å². The Hall–Kier alpha value is -0.640. The van der Waals surface area contributed by atoms with E-state index in [9.17, 15) is 5.11 Å². The fraction of sp³-hybridized carbons (Fsp3) is 0.857. The zero-order chi connectivity index (χ0) is 21.8. The van der Waals surface area contributed by atoms with Gasteiger partial charge in [-0.15, -0.1) is 0 Å². The maximum atomic E-state index is 10.3. The lowest BCUT2D eigenvalue weighted by molar-refractivity contribution is -0.173. The average Bonchev–Trinajstić information content (AvgIpc) is 3.25. The second kappa shape index (κ2) is 6.70. The van der Waals surface area contributed by atoms with E-state index in [1.807, 2.05) is 0 Å². The summed E-state index contributed by atoms with van der Waals surface area (Å²) >= 11 is 0. The molecule has 2 saturated heterocycles. The lowest BCUT2D eigenvalue weighted by Gasteiger charge is -2.56. The maximum Gasteiger partial charge on any atom is 0.165 e. The van der Waals surface area contributed by atoms with Crippen LogP contribution >= 0.6 is 0 Å². The molecule has 5 fully saturated rings. The van der Waals surface area contributed by atoms with Crippen molar-refractivity contribution in [3.8, 4) is 0 Å². The van der Waals surface area contributed by atoms with Crippen molar-refractivity contribution in [2.75, 3.05) is 0 Å². The number of rotatable bonds is 4. The molecule has 0 aromatic rings. The molecule has 1 N–H and O–H groups in total. The lowest BCUT2D eigenvalue weighted by atomic mass is 9.47. The van der Waals surface area contributed by atoms with Crippen LogP contribution in [0.5, 0.6) is 0 Å².